The Morgan fingerprint density at radius 2 is 2.00 bits per heavy atom. The fraction of sp³-hybridized carbons (Fsp3) is 0.588. The molecule has 1 aromatic rings. The molecule has 1 heterocycles. The number of benzene rings is 1. The van der Waals surface area contributed by atoms with Crippen LogP contribution in [-0.2, 0) is 4.79 Å². The highest BCUT2D eigenvalue weighted by atomic mass is 16.2. The van der Waals surface area contributed by atoms with Crippen molar-refractivity contribution in [1.82, 2.24) is 10.6 Å². The lowest BCUT2D eigenvalue weighted by molar-refractivity contribution is -0.133. The van der Waals surface area contributed by atoms with Gasteiger partial charge in [0.25, 0.3) is 0 Å². The summed E-state index contributed by atoms with van der Waals surface area (Å²) in [5, 5.41) is 6.57. The van der Waals surface area contributed by atoms with E-state index >= 15 is 0 Å². The maximum absolute atomic E-state index is 12.7. The summed E-state index contributed by atoms with van der Waals surface area (Å²) in [5.74, 6) is 0.220. The number of carbonyl (C=O) groups excluding carboxylic acids is 1. The molecule has 2 rings (SSSR count). The molecule has 0 saturated carbocycles. The fourth-order valence-corrected chi connectivity index (χ4v) is 3.15. The van der Waals surface area contributed by atoms with Crippen LogP contribution in [0, 0.1) is 12.3 Å². The Balaban J connectivity index is 2.08. The first-order valence-corrected chi connectivity index (χ1v) is 7.66. The quantitative estimate of drug-likeness (QED) is 0.886. The number of nitrogens with one attached hydrogen (secondary N) is 2. The molecule has 1 aliphatic heterocycles. The van der Waals surface area contributed by atoms with Gasteiger partial charge in [0.1, 0.15) is 0 Å². The van der Waals surface area contributed by atoms with Crippen molar-refractivity contribution in [2.75, 3.05) is 13.1 Å². The van der Waals surface area contributed by atoms with Crippen molar-refractivity contribution in [3.05, 3.63) is 35.4 Å². The summed E-state index contributed by atoms with van der Waals surface area (Å²) in [5.41, 5.74) is 2.26. The predicted molar refractivity (Wildman–Crippen MR) is 82.6 cm³/mol. The van der Waals surface area contributed by atoms with E-state index in [1.807, 2.05) is 12.1 Å². The topological polar surface area (TPSA) is 41.1 Å². The van der Waals surface area contributed by atoms with Crippen LogP contribution in [0.3, 0.4) is 0 Å². The van der Waals surface area contributed by atoms with E-state index in [1.165, 1.54) is 11.1 Å². The molecule has 0 aliphatic carbocycles. The zero-order chi connectivity index (χ0) is 14.6. The molecule has 1 amide bonds. The first kappa shape index (κ1) is 15.0. The lowest BCUT2D eigenvalue weighted by atomic mass is 9.75. The number of carbonyl (C=O) groups is 1. The first-order chi connectivity index (χ1) is 9.59. The summed E-state index contributed by atoms with van der Waals surface area (Å²) in [7, 11) is 0. The molecule has 1 saturated heterocycles. The van der Waals surface area contributed by atoms with Crippen LogP contribution < -0.4 is 10.6 Å². The second-order valence-electron chi connectivity index (χ2n) is 5.94. The predicted octanol–water partition coefficient (Wildman–Crippen LogP) is 2.95. The van der Waals surface area contributed by atoms with Crippen molar-refractivity contribution >= 4 is 5.91 Å². The van der Waals surface area contributed by atoms with Gasteiger partial charge in [-0.15, -0.1) is 0 Å². The third-order valence-corrected chi connectivity index (χ3v) is 4.72. The molecule has 0 bridgehead atoms. The molecule has 3 nitrogen and oxygen atoms in total. The summed E-state index contributed by atoms with van der Waals surface area (Å²) < 4.78 is 0. The van der Waals surface area contributed by atoms with E-state index < -0.39 is 0 Å². The van der Waals surface area contributed by atoms with Crippen LogP contribution in [0.2, 0.25) is 0 Å². The van der Waals surface area contributed by atoms with E-state index in [-0.39, 0.29) is 17.4 Å². The largest absolute Gasteiger partial charge is 0.349 e. The van der Waals surface area contributed by atoms with Gasteiger partial charge in [0.15, 0.2) is 0 Å². The third kappa shape index (κ3) is 3.04. The van der Waals surface area contributed by atoms with Gasteiger partial charge >= 0.3 is 0 Å². The molecule has 0 radical (unpaired) electrons. The minimum absolute atomic E-state index is 0.0713. The second-order valence-corrected chi connectivity index (χ2v) is 5.94. The van der Waals surface area contributed by atoms with Gasteiger partial charge in [-0.2, -0.15) is 0 Å². The van der Waals surface area contributed by atoms with Gasteiger partial charge in [-0.1, -0.05) is 31.2 Å². The van der Waals surface area contributed by atoms with Crippen molar-refractivity contribution in [2.24, 2.45) is 5.41 Å². The number of amides is 1. The van der Waals surface area contributed by atoms with Crippen LogP contribution in [0.5, 0.6) is 0 Å². The Labute approximate surface area is 122 Å². The minimum Gasteiger partial charge on any atom is -0.349 e. The smallest absolute Gasteiger partial charge is 0.226 e. The number of rotatable bonds is 4. The molecule has 0 unspecified atom stereocenters. The van der Waals surface area contributed by atoms with Gasteiger partial charge in [-0.25, -0.2) is 0 Å². The maximum atomic E-state index is 12.7. The van der Waals surface area contributed by atoms with Gasteiger partial charge in [-0.3, -0.25) is 4.79 Å². The monoisotopic (exact) mass is 274 g/mol. The lowest BCUT2D eigenvalue weighted by Crippen LogP contribution is -2.47. The molecule has 3 heteroatoms. The SMILES string of the molecule is CCC1(C(=O)N[C@H](C)c2ccccc2C)CCNCC1. The Morgan fingerprint density at radius 1 is 1.35 bits per heavy atom. The highest BCUT2D eigenvalue weighted by Gasteiger charge is 2.38. The minimum atomic E-state index is -0.178. The molecular weight excluding hydrogens is 248 g/mol. The highest BCUT2D eigenvalue weighted by molar-refractivity contribution is 5.83. The zero-order valence-electron chi connectivity index (χ0n) is 12.8. The number of piperidine rings is 1. The van der Waals surface area contributed by atoms with Crippen LogP contribution >= 0.6 is 0 Å². The Morgan fingerprint density at radius 3 is 2.60 bits per heavy atom. The molecule has 110 valence electrons. The van der Waals surface area contributed by atoms with Crippen molar-refractivity contribution in [2.45, 2.75) is 46.1 Å². The normalized spacial score (nSPS) is 19.4. The number of hydrogen-bond acceptors (Lipinski definition) is 2. The standard InChI is InChI=1S/C17H26N2O/c1-4-17(9-11-18-12-10-17)16(20)19-14(3)15-8-6-5-7-13(15)2/h5-8,14,18H,4,9-12H2,1-3H3,(H,19,20)/t14-/m1/s1. The molecule has 0 spiro atoms. The molecule has 0 aromatic heterocycles. The summed E-state index contributed by atoms with van der Waals surface area (Å²) in [6.07, 6.45) is 2.80. The average molecular weight is 274 g/mol. The molecular formula is C17H26N2O. The second kappa shape index (κ2) is 6.40. The van der Waals surface area contributed by atoms with Crippen molar-refractivity contribution < 1.29 is 4.79 Å². The molecule has 1 atom stereocenters. The van der Waals surface area contributed by atoms with Gasteiger partial charge in [-0.05, 0) is 57.3 Å². The highest BCUT2D eigenvalue weighted by Crippen LogP contribution is 2.33. The average Bonchev–Trinajstić information content (AvgIpc) is 2.48. The molecule has 20 heavy (non-hydrogen) atoms. The third-order valence-electron chi connectivity index (χ3n) is 4.72. The lowest BCUT2D eigenvalue weighted by Gasteiger charge is -2.36. The van der Waals surface area contributed by atoms with Crippen molar-refractivity contribution in [3.63, 3.8) is 0 Å². The van der Waals surface area contributed by atoms with Crippen molar-refractivity contribution in [1.29, 1.82) is 0 Å². The Hall–Kier alpha value is -1.35. The van der Waals surface area contributed by atoms with Crippen LogP contribution in [0.15, 0.2) is 24.3 Å². The van der Waals surface area contributed by atoms with E-state index in [2.05, 4.69) is 43.5 Å². The summed E-state index contributed by atoms with van der Waals surface area (Å²) in [6, 6.07) is 8.33. The number of hydrogen-bond donors (Lipinski definition) is 2. The van der Waals surface area contributed by atoms with Gasteiger partial charge in [0.05, 0.1) is 11.5 Å². The van der Waals surface area contributed by atoms with Crippen LogP contribution in [0.1, 0.15) is 50.3 Å². The molecule has 1 fully saturated rings. The number of aryl methyl sites for hydroxylation is 1. The summed E-state index contributed by atoms with van der Waals surface area (Å²) in [6.45, 7) is 8.19. The van der Waals surface area contributed by atoms with Crippen LogP contribution in [-0.4, -0.2) is 19.0 Å². The summed E-state index contributed by atoms with van der Waals surface area (Å²) in [4.78, 5) is 12.7. The molecule has 1 aliphatic rings. The Bertz CT molecular complexity index is 464. The maximum Gasteiger partial charge on any atom is 0.226 e. The van der Waals surface area contributed by atoms with Gasteiger partial charge < -0.3 is 10.6 Å². The van der Waals surface area contributed by atoms with E-state index in [1.54, 1.807) is 0 Å². The fourth-order valence-electron chi connectivity index (χ4n) is 3.15. The van der Waals surface area contributed by atoms with E-state index in [9.17, 15) is 4.79 Å². The summed E-state index contributed by atoms with van der Waals surface area (Å²) >= 11 is 0. The van der Waals surface area contributed by atoms with Crippen LogP contribution in [0.25, 0.3) is 0 Å². The van der Waals surface area contributed by atoms with Crippen LogP contribution in [0.4, 0.5) is 0 Å². The zero-order valence-corrected chi connectivity index (χ0v) is 12.8. The Kier molecular flexibility index (Phi) is 4.81. The van der Waals surface area contributed by atoms with E-state index in [4.69, 9.17) is 0 Å². The first-order valence-electron chi connectivity index (χ1n) is 7.66. The van der Waals surface area contributed by atoms with Gasteiger partial charge in [0.2, 0.25) is 5.91 Å². The van der Waals surface area contributed by atoms with E-state index in [0.717, 1.165) is 32.4 Å². The molecule has 1 aromatic carbocycles. The van der Waals surface area contributed by atoms with Gasteiger partial charge in [0, 0.05) is 0 Å². The van der Waals surface area contributed by atoms with Crippen molar-refractivity contribution in [3.8, 4) is 0 Å². The van der Waals surface area contributed by atoms with E-state index in [0.29, 0.717) is 0 Å². The molecule has 2 N–H and O–H groups in total.